The predicted molar refractivity (Wildman–Crippen MR) is 60.5 cm³/mol. The molecule has 0 saturated carbocycles. The Balaban J connectivity index is 2.55. The van der Waals surface area contributed by atoms with Gasteiger partial charge in [-0.3, -0.25) is 4.79 Å². The highest BCUT2D eigenvalue weighted by Crippen LogP contribution is 2.25. The Bertz CT molecular complexity index is 368. The van der Waals surface area contributed by atoms with E-state index in [1.807, 2.05) is 0 Å². The van der Waals surface area contributed by atoms with E-state index in [9.17, 15) is 9.18 Å². The Hall–Kier alpha value is -1.23. The van der Waals surface area contributed by atoms with Gasteiger partial charge in [0, 0.05) is 10.6 Å². The van der Waals surface area contributed by atoms with E-state index in [4.69, 9.17) is 9.84 Å². The molecule has 16 heavy (non-hydrogen) atoms. The molecule has 1 aromatic carbocycles. The highest BCUT2D eigenvalue weighted by molar-refractivity contribution is 7.99. The van der Waals surface area contributed by atoms with Crippen molar-refractivity contribution in [2.45, 2.75) is 18.2 Å². The third kappa shape index (κ3) is 4.10. The maximum atomic E-state index is 13.4. The van der Waals surface area contributed by atoms with Gasteiger partial charge in [0.05, 0.1) is 13.0 Å². The van der Waals surface area contributed by atoms with Crippen molar-refractivity contribution >= 4 is 17.7 Å². The Morgan fingerprint density at radius 2 is 2.31 bits per heavy atom. The average molecular weight is 244 g/mol. The lowest BCUT2D eigenvalue weighted by molar-refractivity contribution is -0.136. The van der Waals surface area contributed by atoms with E-state index >= 15 is 0 Å². The molecule has 0 heterocycles. The Morgan fingerprint density at radius 3 is 2.88 bits per heavy atom. The fourth-order valence-electron chi connectivity index (χ4n) is 1.10. The summed E-state index contributed by atoms with van der Waals surface area (Å²) in [6, 6.07) is 4.64. The first kappa shape index (κ1) is 12.8. The number of aliphatic carboxylic acids is 1. The molecule has 0 aromatic heterocycles. The number of hydrogen-bond acceptors (Lipinski definition) is 3. The molecule has 0 atom stereocenters. The molecule has 0 spiro atoms. The zero-order valence-electron chi connectivity index (χ0n) is 8.90. The van der Waals surface area contributed by atoms with Crippen molar-refractivity contribution < 1.29 is 19.0 Å². The van der Waals surface area contributed by atoms with Crippen molar-refractivity contribution in [3.8, 4) is 5.75 Å². The molecule has 3 nitrogen and oxygen atoms in total. The second kappa shape index (κ2) is 6.37. The van der Waals surface area contributed by atoms with E-state index in [1.165, 1.54) is 17.8 Å². The fourth-order valence-corrected chi connectivity index (χ4v) is 1.96. The van der Waals surface area contributed by atoms with Gasteiger partial charge in [0.15, 0.2) is 11.6 Å². The van der Waals surface area contributed by atoms with E-state index in [0.717, 1.165) is 0 Å². The van der Waals surface area contributed by atoms with Crippen LogP contribution in [-0.2, 0) is 4.79 Å². The van der Waals surface area contributed by atoms with Crippen molar-refractivity contribution in [2.24, 2.45) is 0 Å². The van der Waals surface area contributed by atoms with Gasteiger partial charge in [0.25, 0.3) is 0 Å². The van der Waals surface area contributed by atoms with Crippen molar-refractivity contribution in [3.05, 3.63) is 24.0 Å². The number of thioether (sulfide) groups is 1. The second-order valence-electron chi connectivity index (χ2n) is 3.02. The highest BCUT2D eigenvalue weighted by atomic mass is 32.2. The summed E-state index contributed by atoms with van der Waals surface area (Å²) in [6.45, 7) is 2.21. The second-order valence-corrected chi connectivity index (χ2v) is 4.19. The molecule has 5 heteroatoms. The molecule has 0 unspecified atom stereocenters. The maximum Gasteiger partial charge on any atom is 0.304 e. The van der Waals surface area contributed by atoms with Crippen molar-refractivity contribution in [1.82, 2.24) is 0 Å². The van der Waals surface area contributed by atoms with Gasteiger partial charge in [-0.05, 0) is 25.1 Å². The molecule has 0 radical (unpaired) electrons. The van der Waals surface area contributed by atoms with Crippen molar-refractivity contribution in [3.63, 3.8) is 0 Å². The van der Waals surface area contributed by atoms with Gasteiger partial charge in [0.2, 0.25) is 0 Å². The minimum Gasteiger partial charge on any atom is -0.491 e. The van der Waals surface area contributed by atoms with E-state index in [-0.39, 0.29) is 12.2 Å². The third-order valence-corrected chi connectivity index (χ3v) is 2.78. The molecule has 0 fully saturated rings. The lowest BCUT2D eigenvalue weighted by atomic mass is 10.3. The topological polar surface area (TPSA) is 46.5 Å². The van der Waals surface area contributed by atoms with Gasteiger partial charge in [-0.1, -0.05) is 0 Å². The fraction of sp³-hybridized carbons (Fsp3) is 0.364. The summed E-state index contributed by atoms with van der Waals surface area (Å²) in [4.78, 5) is 11.0. The monoisotopic (exact) mass is 244 g/mol. The van der Waals surface area contributed by atoms with Crippen LogP contribution in [0.1, 0.15) is 13.3 Å². The van der Waals surface area contributed by atoms with Gasteiger partial charge in [-0.2, -0.15) is 0 Å². The summed E-state index contributed by atoms with van der Waals surface area (Å²) >= 11 is 1.31. The summed E-state index contributed by atoms with van der Waals surface area (Å²) in [6.07, 6.45) is 0.0689. The molecule has 88 valence electrons. The van der Waals surface area contributed by atoms with E-state index in [1.54, 1.807) is 19.1 Å². The Morgan fingerprint density at radius 1 is 1.56 bits per heavy atom. The number of ether oxygens (including phenoxy) is 1. The number of halogens is 1. The van der Waals surface area contributed by atoms with Gasteiger partial charge in [0.1, 0.15) is 0 Å². The van der Waals surface area contributed by atoms with Crippen LogP contribution in [0.25, 0.3) is 0 Å². The van der Waals surface area contributed by atoms with Gasteiger partial charge in [-0.15, -0.1) is 11.8 Å². The summed E-state index contributed by atoms with van der Waals surface area (Å²) in [5, 5.41) is 8.45. The van der Waals surface area contributed by atoms with E-state index < -0.39 is 11.8 Å². The normalized spacial score (nSPS) is 10.1. The Labute approximate surface area is 97.6 Å². The summed E-state index contributed by atoms with van der Waals surface area (Å²) in [7, 11) is 0. The van der Waals surface area contributed by atoms with Crippen LogP contribution in [0.15, 0.2) is 23.1 Å². The predicted octanol–water partition coefficient (Wildman–Crippen LogP) is 2.79. The maximum absolute atomic E-state index is 13.4. The number of carboxylic acids is 1. The molecule has 0 aliphatic rings. The molecular formula is C11H13FO3S. The molecule has 0 saturated heterocycles. The van der Waals surface area contributed by atoms with Gasteiger partial charge < -0.3 is 9.84 Å². The average Bonchev–Trinajstić information content (AvgIpc) is 2.21. The highest BCUT2D eigenvalue weighted by Gasteiger charge is 2.05. The van der Waals surface area contributed by atoms with Crippen LogP contribution in [0, 0.1) is 5.82 Å². The molecule has 0 bridgehead atoms. The number of carbonyl (C=O) groups is 1. The minimum atomic E-state index is -0.848. The molecule has 1 aromatic rings. The number of rotatable bonds is 6. The molecular weight excluding hydrogens is 231 g/mol. The quantitative estimate of drug-likeness (QED) is 0.782. The summed E-state index contributed by atoms with van der Waals surface area (Å²) in [5.41, 5.74) is 0. The van der Waals surface area contributed by atoms with Crippen LogP contribution in [-0.4, -0.2) is 23.4 Å². The minimum absolute atomic E-state index is 0.0689. The first-order valence-corrected chi connectivity index (χ1v) is 5.89. The molecule has 0 amide bonds. The Kier molecular flexibility index (Phi) is 5.11. The number of carboxylic acid groups (broad SMARTS) is 1. The molecule has 1 N–H and O–H groups in total. The first-order chi connectivity index (χ1) is 7.63. The standard InChI is InChI=1S/C11H13FO3S/c1-2-15-10-4-3-8(7-9(10)12)16-6-5-11(13)14/h3-4,7H,2,5-6H2,1H3,(H,13,14). The first-order valence-electron chi connectivity index (χ1n) is 4.90. The molecule has 0 aliphatic heterocycles. The van der Waals surface area contributed by atoms with Crippen molar-refractivity contribution in [1.29, 1.82) is 0 Å². The summed E-state index contributed by atoms with van der Waals surface area (Å²) in [5.74, 6) is -0.603. The SMILES string of the molecule is CCOc1ccc(SCCC(=O)O)cc1F. The van der Waals surface area contributed by atoms with Crippen LogP contribution in [0.2, 0.25) is 0 Å². The van der Waals surface area contributed by atoms with Crippen LogP contribution >= 0.6 is 11.8 Å². The number of hydrogen-bond donors (Lipinski definition) is 1. The van der Waals surface area contributed by atoms with Crippen molar-refractivity contribution in [2.75, 3.05) is 12.4 Å². The van der Waals surface area contributed by atoms with Gasteiger partial charge >= 0.3 is 5.97 Å². The lowest BCUT2D eigenvalue weighted by Crippen LogP contribution is -1.96. The molecule has 0 aliphatic carbocycles. The van der Waals surface area contributed by atoms with E-state index in [2.05, 4.69) is 0 Å². The van der Waals surface area contributed by atoms with Crippen LogP contribution in [0.3, 0.4) is 0 Å². The smallest absolute Gasteiger partial charge is 0.304 e. The largest absolute Gasteiger partial charge is 0.491 e. The summed E-state index contributed by atoms with van der Waals surface area (Å²) < 4.78 is 18.4. The van der Waals surface area contributed by atoms with Crippen LogP contribution in [0.5, 0.6) is 5.75 Å². The van der Waals surface area contributed by atoms with Crippen LogP contribution in [0.4, 0.5) is 4.39 Å². The van der Waals surface area contributed by atoms with Crippen LogP contribution < -0.4 is 4.74 Å². The molecule has 1 rings (SSSR count). The zero-order valence-corrected chi connectivity index (χ0v) is 9.72. The lowest BCUT2D eigenvalue weighted by Gasteiger charge is -2.06. The van der Waals surface area contributed by atoms with Gasteiger partial charge in [-0.25, -0.2) is 4.39 Å². The zero-order chi connectivity index (χ0) is 12.0. The third-order valence-electron chi connectivity index (χ3n) is 1.79. The van der Waals surface area contributed by atoms with E-state index in [0.29, 0.717) is 17.3 Å². The number of benzene rings is 1.